The molecule has 0 aromatic rings. The largest absolute Gasteiger partial charge is 0.481 e. The van der Waals surface area contributed by atoms with E-state index in [1.807, 2.05) is 20.8 Å². The summed E-state index contributed by atoms with van der Waals surface area (Å²) in [6.07, 6.45) is 0.474. The van der Waals surface area contributed by atoms with E-state index in [0.29, 0.717) is 6.42 Å². The zero-order valence-corrected chi connectivity index (χ0v) is 8.86. The summed E-state index contributed by atoms with van der Waals surface area (Å²) in [6.45, 7) is 5.84. The first-order chi connectivity index (χ1) is 6.43. The van der Waals surface area contributed by atoms with Crippen LogP contribution in [0.4, 0.5) is 0 Å². The molecule has 2 atom stereocenters. The molecule has 1 aliphatic rings. The number of rotatable bonds is 3. The lowest BCUT2D eigenvalue weighted by molar-refractivity contribution is -0.138. The van der Waals surface area contributed by atoms with Gasteiger partial charge in [-0.25, -0.2) is 0 Å². The number of hydrogen-bond acceptors (Lipinski definition) is 2. The summed E-state index contributed by atoms with van der Waals surface area (Å²) in [5.74, 6) is -0.763. The number of aliphatic carboxylic acids is 1. The summed E-state index contributed by atoms with van der Waals surface area (Å²) in [5, 5.41) is 8.67. The van der Waals surface area contributed by atoms with Crippen molar-refractivity contribution in [3.63, 3.8) is 0 Å². The van der Waals surface area contributed by atoms with Crippen LogP contribution in [0.25, 0.3) is 0 Å². The Morgan fingerprint density at radius 2 is 2.21 bits per heavy atom. The van der Waals surface area contributed by atoms with Crippen LogP contribution in [0.1, 0.15) is 33.6 Å². The smallest absolute Gasteiger partial charge is 0.303 e. The molecule has 1 aliphatic heterocycles. The first-order valence-electron chi connectivity index (χ1n) is 4.96. The van der Waals surface area contributed by atoms with Crippen LogP contribution >= 0.6 is 0 Å². The molecule has 0 spiro atoms. The standard InChI is InChI=1S/C10H17NO3/c1-6(2)11-7(3)8(4-9(11)12)5-10(13)14/h6-8H,4-5H2,1-3H3,(H,13,14). The minimum atomic E-state index is -0.819. The Morgan fingerprint density at radius 3 is 2.57 bits per heavy atom. The van der Waals surface area contributed by atoms with E-state index in [2.05, 4.69) is 0 Å². The van der Waals surface area contributed by atoms with E-state index in [1.165, 1.54) is 0 Å². The molecule has 0 aromatic heterocycles. The minimum absolute atomic E-state index is 0.0256. The highest BCUT2D eigenvalue weighted by Crippen LogP contribution is 2.29. The second kappa shape index (κ2) is 3.98. The van der Waals surface area contributed by atoms with E-state index < -0.39 is 5.97 Å². The Morgan fingerprint density at radius 1 is 1.64 bits per heavy atom. The molecule has 0 aromatic carbocycles. The molecule has 1 N–H and O–H groups in total. The zero-order chi connectivity index (χ0) is 10.9. The lowest BCUT2D eigenvalue weighted by Gasteiger charge is -2.28. The molecule has 80 valence electrons. The number of amides is 1. The first-order valence-corrected chi connectivity index (χ1v) is 4.96. The van der Waals surface area contributed by atoms with Crippen LogP contribution in [-0.4, -0.2) is 34.0 Å². The van der Waals surface area contributed by atoms with Crippen molar-refractivity contribution in [2.45, 2.75) is 45.7 Å². The van der Waals surface area contributed by atoms with Gasteiger partial charge in [0.2, 0.25) is 5.91 Å². The second-order valence-corrected chi connectivity index (χ2v) is 4.20. The number of nitrogens with zero attached hydrogens (tertiary/aromatic N) is 1. The van der Waals surface area contributed by atoms with Gasteiger partial charge in [-0.3, -0.25) is 9.59 Å². The maximum absolute atomic E-state index is 11.6. The van der Waals surface area contributed by atoms with Crippen molar-refractivity contribution in [2.24, 2.45) is 5.92 Å². The summed E-state index contributed by atoms with van der Waals surface area (Å²) in [4.78, 5) is 23.9. The number of carboxylic acids is 1. The average molecular weight is 199 g/mol. The number of carbonyl (C=O) groups excluding carboxylic acids is 1. The Hall–Kier alpha value is -1.06. The molecule has 1 heterocycles. The number of carbonyl (C=O) groups is 2. The van der Waals surface area contributed by atoms with E-state index in [1.54, 1.807) is 4.90 Å². The molecule has 1 amide bonds. The van der Waals surface area contributed by atoms with Crippen LogP contribution in [0, 0.1) is 5.92 Å². The Kier molecular flexibility index (Phi) is 3.13. The van der Waals surface area contributed by atoms with Gasteiger partial charge in [-0.05, 0) is 26.7 Å². The van der Waals surface area contributed by atoms with Gasteiger partial charge in [0.25, 0.3) is 0 Å². The maximum Gasteiger partial charge on any atom is 0.303 e. The summed E-state index contributed by atoms with van der Waals surface area (Å²) < 4.78 is 0. The molecule has 0 bridgehead atoms. The van der Waals surface area contributed by atoms with Crippen molar-refractivity contribution in [2.75, 3.05) is 0 Å². The fourth-order valence-electron chi connectivity index (χ4n) is 2.18. The van der Waals surface area contributed by atoms with Crippen molar-refractivity contribution in [3.8, 4) is 0 Å². The molecule has 1 fully saturated rings. The lowest BCUT2D eigenvalue weighted by Crippen LogP contribution is -2.38. The number of likely N-dealkylation sites (tertiary alicyclic amines) is 1. The van der Waals surface area contributed by atoms with Crippen LogP contribution in [0.3, 0.4) is 0 Å². The van der Waals surface area contributed by atoms with Gasteiger partial charge < -0.3 is 10.0 Å². The van der Waals surface area contributed by atoms with Crippen molar-refractivity contribution in [1.29, 1.82) is 0 Å². The van der Waals surface area contributed by atoms with Gasteiger partial charge in [0.1, 0.15) is 0 Å². The van der Waals surface area contributed by atoms with Crippen molar-refractivity contribution < 1.29 is 14.7 Å². The maximum atomic E-state index is 11.6. The first kappa shape index (κ1) is 11.0. The fraction of sp³-hybridized carbons (Fsp3) is 0.800. The van der Waals surface area contributed by atoms with Crippen molar-refractivity contribution in [3.05, 3.63) is 0 Å². The third kappa shape index (κ3) is 2.05. The van der Waals surface area contributed by atoms with Crippen LogP contribution in [0.5, 0.6) is 0 Å². The molecule has 0 radical (unpaired) electrons. The third-order valence-electron chi connectivity index (χ3n) is 2.84. The highest BCUT2D eigenvalue weighted by Gasteiger charge is 2.38. The average Bonchev–Trinajstić information content (AvgIpc) is 2.25. The number of carboxylic acid groups (broad SMARTS) is 1. The van der Waals surface area contributed by atoms with E-state index in [4.69, 9.17) is 5.11 Å². The summed E-state index contributed by atoms with van der Waals surface area (Å²) in [7, 11) is 0. The van der Waals surface area contributed by atoms with E-state index >= 15 is 0 Å². The van der Waals surface area contributed by atoms with Gasteiger partial charge in [-0.2, -0.15) is 0 Å². The Bertz CT molecular complexity index is 250. The monoisotopic (exact) mass is 199 g/mol. The SMILES string of the molecule is CC(C)N1C(=O)CC(CC(=O)O)C1C. The van der Waals surface area contributed by atoms with Gasteiger partial charge in [-0.1, -0.05) is 0 Å². The molecule has 0 saturated carbocycles. The summed E-state index contributed by atoms with van der Waals surface area (Å²) >= 11 is 0. The minimum Gasteiger partial charge on any atom is -0.481 e. The molecule has 1 rings (SSSR count). The van der Waals surface area contributed by atoms with Crippen LogP contribution in [0.15, 0.2) is 0 Å². The quantitative estimate of drug-likeness (QED) is 0.740. The van der Waals surface area contributed by atoms with Crippen LogP contribution in [-0.2, 0) is 9.59 Å². The van der Waals surface area contributed by atoms with Crippen molar-refractivity contribution >= 4 is 11.9 Å². The summed E-state index contributed by atoms with van der Waals surface area (Å²) in [5.41, 5.74) is 0. The fourth-order valence-corrected chi connectivity index (χ4v) is 2.18. The molecule has 0 aliphatic carbocycles. The van der Waals surface area contributed by atoms with Crippen molar-refractivity contribution in [1.82, 2.24) is 4.90 Å². The van der Waals surface area contributed by atoms with Gasteiger partial charge in [0, 0.05) is 18.5 Å². The number of hydrogen-bond donors (Lipinski definition) is 1. The van der Waals surface area contributed by atoms with Gasteiger partial charge >= 0.3 is 5.97 Å². The highest BCUT2D eigenvalue weighted by atomic mass is 16.4. The summed E-state index contributed by atoms with van der Waals surface area (Å²) in [6, 6.07) is 0.217. The topological polar surface area (TPSA) is 57.6 Å². The predicted octanol–water partition coefficient (Wildman–Crippen LogP) is 1.11. The lowest BCUT2D eigenvalue weighted by atomic mass is 9.98. The molecule has 4 nitrogen and oxygen atoms in total. The third-order valence-corrected chi connectivity index (χ3v) is 2.84. The Balaban J connectivity index is 2.68. The van der Waals surface area contributed by atoms with Gasteiger partial charge in [0.05, 0.1) is 6.42 Å². The molecule has 1 saturated heterocycles. The molecule has 2 unspecified atom stereocenters. The van der Waals surface area contributed by atoms with Crippen LogP contribution < -0.4 is 0 Å². The highest BCUT2D eigenvalue weighted by molar-refractivity contribution is 5.80. The van der Waals surface area contributed by atoms with E-state index in [0.717, 1.165) is 0 Å². The molecule has 4 heteroatoms. The van der Waals surface area contributed by atoms with E-state index in [-0.39, 0.29) is 30.3 Å². The Labute approximate surface area is 83.9 Å². The van der Waals surface area contributed by atoms with Gasteiger partial charge in [-0.15, -0.1) is 0 Å². The molecular weight excluding hydrogens is 182 g/mol. The molecular formula is C10H17NO3. The second-order valence-electron chi connectivity index (χ2n) is 4.20. The van der Waals surface area contributed by atoms with Crippen LogP contribution in [0.2, 0.25) is 0 Å². The normalized spacial score (nSPS) is 27.4. The van der Waals surface area contributed by atoms with E-state index in [9.17, 15) is 9.59 Å². The molecule has 14 heavy (non-hydrogen) atoms. The predicted molar refractivity (Wildman–Crippen MR) is 51.8 cm³/mol. The van der Waals surface area contributed by atoms with Gasteiger partial charge in [0.15, 0.2) is 0 Å². The zero-order valence-electron chi connectivity index (χ0n) is 8.86.